The van der Waals surface area contributed by atoms with Gasteiger partial charge in [0.1, 0.15) is 11.5 Å². The minimum Gasteiger partial charge on any atom is -0.508 e. The number of hydrogen-bond donors (Lipinski definition) is 3. The molecule has 3 N–H and O–H groups in total. The van der Waals surface area contributed by atoms with E-state index in [1.165, 1.54) is 0 Å². The maximum absolute atomic E-state index is 11.9. The number of hydrogen-bond acceptors (Lipinski definition) is 3. The molecule has 0 fully saturated rings. The van der Waals surface area contributed by atoms with Crippen molar-refractivity contribution in [3.63, 3.8) is 0 Å². The largest absolute Gasteiger partial charge is 0.508 e. The summed E-state index contributed by atoms with van der Waals surface area (Å²) in [5, 5.41) is 15.4. The number of aliphatic hydroxyl groups excluding tert-OH is 1. The van der Waals surface area contributed by atoms with Crippen molar-refractivity contribution in [1.82, 2.24) is 10.6 Å². The lowest BCUT2D eigenvalue weighted by atomic mass is 9.89. The zero-order chi connectivity index (χ0) is 15.4. The zero-order valence-corrected chi connectivity index (χ0v) is 12.3. The Hall–Kier alpha value is -2.49. The molecule has 2 atom stereocenters. The molecule has 0 spiro atoms. The van der Waals surface area contributed by atoms with E-state index in [-0.39, 0.29) is 23.6 Å². The van der Waals surface area contributed by atoms with Gasteiger partial charge in [-0.3, -0.25) is 4.79 Å². The first-order chi connectivity index (χ1) is 10.0. The third-order valence-electron chi connectivity index (χ3n) is 3.65. The molecule has 0 saturated heterocycles. The van der Waals surface area contributed by atoms with E-state index in [0.29, 0.717) is 11.3 Å². The first kappa shape index (κ1) is 14.9. The second-order valence-corrected chi connectivity index (χ2v) is 5.08. The number of nitrogens with one attached hydrogen (secondary N) is 2. The Morgan fingerprint density at radius 1 is 1.38 bits per heavy atom. The molecule has 2 rings (SSSR count). The lowest BCUT2D eigenvalue weighted by molar-refractivity contribution is -0.117. The summed E-state index contributed by atoms with van der Waals surface area (Å²) in [5.74, 6) is -0.107. The van der Waals surface area contributed by atoms with Crippen molar-refractivity contribution >= 4 is 5.91 Å². The molecule has 0 saturated carbocycles. The molecular weight excluding hydrogens is 264 g/mol. The number of dihydropyridines is 1. The molecular formula is C17H20N2O2. The second kappa shape index (κ2) is 6.31. The SMILES string of the molecule is C=C(O)C1=CC([C@H](C)c2ccccc2)NC(C(=O)NC)=C1. The van der Waals surface area contributed by atoms with Crippen molar-refractivity contribution in [3.8, 4) is 0 Å². The predicted octanol–water partition coefficient (Wildman–Crippen LogP) is 2.39. The maximum Gasteiger partial charge on any atom is 0.267 e. The summed E-state index contributed by atoms with van der Waals surface area (Å²) in [6.45, 7) is 5.63. The van der Waals surface area contributed by atoms with Gasteiger partial charge in [0, 0.05) is 18.5 Å². The first-order valence-corrected chi connectivity index (χ1v) is 6.88. The van der Waals surface area contributed by atoms with Crippen LogP contribution in [0.2, 0.25) is 0 Å². The van der Waals surface area contributed by atoms with Gasteiger partial charge in [0.05, 0.1) is 6.04 Å². The van der Waals surface area contributed by atoms with Crippen LogP contribution in [-0.4, -0.2) is 24.1 Å². The van der Waals surface area contributed by atoms with E-state index in [9.17, 15) is 9.90 Å². The van der Waals surface area contributed by atoms with Crippen LogP contribution in [0.5, 0.6) is 0 Å². The van der Waals surface area contributed by atoms with Gasteiger partial charge in [0.15, 0.2) is 0 Å². The monoisotopic (exact) mass is 284 g/mol. The fraction of sp³-hybridized carbons (Fsp3) is 0.235. The van der Waals surface area contributed by atoms with Gasteiger partial charge in [-0.05, 0) is 11.6 Å². The fourth-order valence-corrected chi connectivity index (χ4v) is 2.34. The van der Waals surface area contributed by atoms with Crippen LogP contribution in [0.1, 0.15) is 18.4 Å². The number of likely N-dealkylation sites (N-methyl/N-ethyl adjacent to an activating group) is 1. The molecule has 1 aliphatic heterocycles. The third-order valence-corrected chi connectivity index (χ3v) is 3.65. The van der Waals surface area contributed by atoms with Gasteiger partial charge in [0.25, 0.3) is 5.91 Å². The van der Waals surface area contributed by atoms with Crippen LogP contribution < -0.4 is 10.6 Å². The molecule has 4 nitrogen and oxygen atoms in total. The lowest BCUT2D eigenvalue weighted by Crippen LogP contribution is -2.40. The van der Waals surface area contributed by atoms with Crippen LogP contribution >= 0.6 is 0 Å². The Balaban J connectivity index is 2.31. The van der Waals surface area contributed by atoms with Crippen LogP contribution in [0, 0.1) is 0 Å². The van der Waals surface area contributed by atoms with Gasteiger partial charge in [0.2, 0.25) is 0 Å². The Morgan fingerprint density at radius 2 is 2.05 bits per heavy atom. The average molecular weight is 284 g/mol. The molecule has 1 aliphatic rings. The Labute approximate surface area is 124 Å². The van der Waals surface area contributed by atoms with Gasteiger partial charge in [-0.1, -0.05) is 49.9 Å². The minimum atomic E-state index is -0.216. The normalized spacial score (nSPS) is 18.9. The summed E-state index contributed by atoms with van der Waals surface area (Å²) in [5.41, 5.74) is 2.16. The molecule has 21 heavy (non-hydrogen) atoms. The van der Waals surface area contributed by atoms with Gasteiger partial charge >= 0.3 is 0 Å². The number of rotatable bonds is 4. The van der Waals surface area contributed by atoms with Gasteiger partial charge < -0.3 is 15.7 Å². The third kappa shape index (κ3) is 3.34. The highest BCUT2D eigenvalue weighted by Crippen LogP contribution is 2.25. The number of carbonyl (C=O) groups is 1. The van der Waals surface area contributed by atoms with Crippen LogP contribution in [0.3, 0.4) is 0 Å². The number of aliphatic hydroxyl groups is 1. The van der Waals surface area contributed by atoms with E-state index in [1.54, 1.807) is 13.1 Å². The summed E-state index contributed by atoms with van der Waals surface area (Å²) < 4.78 is 0. The van der Waals surface area contributed by atoms with Crippen molar-refractivity contribution in [1.29, 1.82) is 0 Å². The highest BCUT2D eigenvalue weighted by atomic mass is 16.3. The molecule has 0 aromatic heterocycles. The summed E-state index contributed by atoms with van der Waals surface area (Å²) in [6.07, 6.45) is 3.50. The molecule has 4 heteroatoms. The van der Waals surface area contributed by atoms with E-state index >= 15 is 0 Å². The van der Waals surface area contributed by atoms with E-state index in [4.69, 9.17) is 0 Å². The molecule has 1 aromatic rings. The number of amides is 1. The summed E-state index contributed by atoms with van der Waals surface area (Å²) in [7, 11) is 1.58. The lowest BCUT2D eigenvalue weighted by Gasteiger charge is -2.28. The number of carbonyl (C=O) groups excluding carboxylic acids is 1. The van der Waals surface area contributed by atoms with E-state index < -0.39 is 0 Å². The minimum absolute atomic E-state index is 0.0387. The smallest absolute Gasteiger partial charge is 0.267 e. The van der Waals surface area contributed by atoms with Crippen molar-refractivity contribution in [2.24, 2.45) is 0 Å². The number of benzene rings is 1. The summed E-state index contributed by atoms with van der Waals surface area (Å²) in [6, 6.07) is 9.94. The van der Waals surface area contributed by atoms with Gasteiger partial charge in [-0.25, -0.2) is 0 Å². The van der Waals surface area contributed by atoms with E-state index in [1.807, 2.05) is 36.4 Å². The Morgan fingerprint density at radius 3 is 2.62 bits per heavy atom. The molecule has 110 valence electrons. The van der Waals surface area contributed by atoms with Crippen molar-refractivity contribution in [2.75, 3.05) is 7.05 Å². The zero-order valence-electron chi connectivity index (χ0n) is 12.3. The molecule has 1 amide bonds. The predicted molar refractivity (Wildman–Crippen MR) is 83.8 cm³/mol. The molecule has 0 bridgehead atoms. The van der Waals surface area contributed by atoms with Crippen molar-refractivity contribution in [3.05, 3.63) is 71.7 Å². The molecule has 1 heterocycles. The highest BCUT2D eigenvalue weighted by Gasteiger charge is 2.24. The van der Waals surface area contributed by atoms with Gasteiger partial charge in [-0.2, -0.15) is 0 Å². The van der Waals surface area contributed by atoms with E-state index in [2.05, 4.69) is 24.1 Å². The molecule has 0 aliphatic carbocycles. The maximum atomic E-state index is 11.9. The van der Waals surface area contributed by atoms with Crippen molar-refractivity contribution in [2.45, 2.75) is 18.9 Å². The van der Waals surface area contributed by atoms with Crippen LogP contribution in [0.25, 0.3) is 0 Å². The average Bonchev–Trinajstić information content (AvgIpc) is 2.53. The molecule has 1 aromatic carbocycles. The highest BCUT2D eigenvalue weighted by molar-refractivity contribution is 5.93. The molecule has 1 unspecified atom stereocenters. The topological polar surface area (TPSA) is 61.4 Å². The number of allylic oxidation sites excluding steroid dienone is 1. The van der Waals surface area contributed by atoms with E-state index in [0.717, 1.165) is 5.56 Å². The Kier molecular flexibility index (Phi) is 4.48. The summed E-state index contributed by atoms with van der Waals surface area (Å²) >= 11 is 0. The molecule has 0 radical (unpaired) electrons. The first-order valence-electron chi connectivity index (χ1n) is 6.88. The summed E-state index contributed by atoms with van der Waals surface area (Å²) in [4.78, 5) is 11.9. The van der Waals surface area contributed by atoms with Crippen molar-refractivity contribution < 1.29 is 9.90 Å². The standard InChI is InChI=1S/C17H20N2O2/c1-11(13-7-5-4-6-8-13)15-9-14(12(2)20)10-16(19-15)17(21)18-3/h4-11,15,19-20H,2H2,1,3H3,(H,18,21)/t11-,15?/m1/s1. The van der Waals surface area contributed by atoms with Crippen LogP contribution in [0.4, 0.5) is 0 Å². The Bertz CT molecular complexity index is 602. The fourth-order valence-electron chi connectivity index (χ4n) is 2.34. The van der Waals surface area contributed by atoms with Gasteiger partial charge in [-0.15, -0.1) is 0 Å². The van der Waals surface area contributed by atoms with Crippen LogP contribution in [0.15, 0.2) is 66.1 Å². The second-order valence-electron chi connectivity index (χ2n) is 5.08. The van der Waals surface area contributed by atoms with Crippen LogP contribution in [-0.2, 0) is 4.79 Å². The quantitative estimate of drug-likeness (QED) is 0.744.